The molecule has 4 heteroatoms. The standard InChI is InChI=1S/C16H28BrN3/c1-6-14-16(17)15(20(5)19-14)10-13(4)8-7-9-18-11-12(2)3/h8,12,18H,6-7,9-11H2,1-5H3. The van der Waals surface area contributed by atoms with Gasteiger partial charge in [0, 0.05) is 13.5 Å². The molecule has 0 spiro atoms. The maximum atomic E-state index is 4.54. The zero-order chi connectivity index (χ0) is 15.1. The molecule has 0 radical (unpaired) electrons. The third kappa shape index (κ3) is 5.41. The highest BCUT2D eigenvalue weighted by molar-refractivity contribution is 9.10. The molecule has 0 aliphatic carbocycles. The quantitative estimate of drug-likeness (QED) is 0.574. The summed E-state index contributed by atoms with van der Waals surface area (Å²) >= 11 is 3.68. The van der Waals surface area contributed by atoms with E-state index in [0.717, 1.165) is 44.0 Å². The van der Waals surface area contributed by atoms with Gasteiger partial charge in [-0.05, 0) is 54.7 Å². The van der Waals surface area contributed by atoms with Crippen molar-refractivity contribution in [3.63, 3.8) is 0 Å². The zero-order valence-corrected chi connectivity index (χ0v) is 15.0. The number of halogens is 1. The van der Waals surface area contributed by atoms with E-state index < -0.39 is 0 Å². The fourth-order valence-corrected chi connectivity index (χ4v) is 2.92. The van der Waals surface area contributed by atoms with Gasteiger partial charge in [0.1, 0.15) is 0 Å². The van der Waals surface area contributed by atoms with Crippen molar-refractivity contribution < 1.29 is 0 Å². The van der Waals surface area contributed by atoms with Gasteiger partial charge in [0.2, 0.25) is 0 Å². The van der Waals surface area contributed by atoms with Crippen LogP contribution in [0.1, 0.15) is 45.5 Å². The van der Waals surface area contributed by atoms with Gasteiger partial charge in [-0.1, -0.05) is 32.4 Å². The Morgan fingerprint density at radius 1 is 1.45 bits per heavy atom. The Bertz CT molecular complexity index is 447. The predicted octanol–water partition coefficient (Wildman–Crippen LogP) is 3.87. The molecular formula is C16H28BrN3. The second kappa shape index (κ2) is 8.63. The summed E-state index contributed by atoms with van der Waals surface area (Å²) in [6, 6.07) is 0. The van der Waals surface area contributed by atoms with E-state index in [4.69, 9.17) is 0 Å². The molecule has 1 rings (SSSR count). The number of nitrogens with zero attached hydrogens (tertiary/aromatic N) is 2. The molecule has 0 fully saturated rings. The SMILES string of the molecule is CCc1nn(C)c(CC(C)=CCCNCC(C)C)c1Br. The first-order chi connectivity index (χ1) is 9.45. The second-order valence-corrected chi connectivity index (χ2v) is 6.59. The minimum atomic E-state index is 0.720. The van der Waals surface area contributed by atoms with Gasteiger partial charge >= 0.3 is 0 Å². The Hall–Kier alpha value is -0.610. The highest BCUT2D eigenvalue weighted by Crippen LogP contribution is 2.23. The van der Waals surface area contributed by atoms with Crippen molar-refractivity contribution in [1.29, 1.82) is 0 Å². The van der Waals surface area contributed by atoms with Crippen molar-refractivity contribution in [2.75, 3.05) is 13.1 Å². The summed E-state index contributed by atoms with van der Waals surface area (Å²) in [7, 11) is 2.02. The van der Waals surface area contributed by atoms with Crippen molar-refractivity contribution in [2.45, 2.75) is 47.0 Å². The fourth-order valence-electron chi connectivity index (χ4n) is 2.16. The maximum Gasteiger partial charge on any atom is 0.0766 e. The monoisotopic (exact) mass is 341 g/mol. The average molecular weight is 342 g/mol. The minimum absolute atomic E-state index is 0.720. The lowest BCUT2D eigenvalue weighted by atomic mass is 10.1. The van der Waals surface area contributed by atoms with E-state index in [2.05, 4.69) is 60.1 Å². The summed E-state index contributed by atoms with van der Waals surface area (Å²) in [6.45, 7) is 11.0. The molecule has 1 N–H and O–H groups in total. The minimum Gasteiger partial charge on any atom is -0.316 e. The van der Waals surface area contributed by atoms with Crippen molar-refractivity contribution in [3.8, 4) is 0 Å². The number of allylic oxidation sites excluding steroid dienone is 1. The van der Waals surface area contributed by atoms with E-state index in [1.807, 2.05) is 11.7 Å². The van der Waals surface area contributed by atoms with Crippen LogP contribution < -0.4 is 5.32 Å². The second-order valence-electron chi connectivity index (χ2n) is 5.80. The summed E-state index contributed by atoms with van der Waals surface area (Å²) in [6.07, 6.45) is 5.36. The summed E-state index contributed by atoms with van der Waals surface area (Å²) < 4.78 is 3.17. The van der Waals surface area contributed by atoms with Gasteiger partial charge in [-0.2, -0.15) is 5.10 Å². The fraction of sp³-hybridized carbons (Fsp3) is 0.688. The number of aryl methyl sites for hydroxylation is 2. The molecular weight excluding hydrogens is 314 g/mol. The normalized spacial score (nSPS) is 12.4. The first-order valence-corrected chi connectivity index (χ1v) is 8.31. The van der Waals surface area contributed by atoms with E-state index in [-0.39, 0.29) is 0 Å². The first kappa shape index (κ1) is 17.4. The number of rotatable bonds is 8. The maximum absolute atomic E-state index is 4.54. The molecule has 0 saturated carbocycles. The highest BCUT2D eigenvalue weighted by atomic mass is 79.9. The van der Waals surface area contributed by atoms with E-state index in [1.54, 1.807) is 0 Å². The molecule has 1 heterocycles. The largest absolute Gasteiger partial charge is 0.316 e. The molecule has 1 aromatic heterocycles. The molecule has 0 bridgehead atoms. The van der Waals surface area contributed by atoms with Gasteiger partial charge in [-0.3, -0.25) is 4.68 Å². The van der Waals surface area contributed by atoms with Gasteiger partial charge in [-0.25, -0.2) is 0 Å². The van der Waals surface area contributed by atoms with Crippen LogP contribution in [0.5, 0.6) is 0 Å². The van der Waals surface area contributed by atoms with Crippen LogP contribution in [0.4, 0.5) is 0 Å². The molecule has 20 heavy (non-hydrogen) atoms. The van der Waals surface area contributed by atoms with Crippen LogP contribution in [0.15, 0.2) is 16.1 Å². The van der Waals surface area contributed by atoms with E-state index >= 15 is 0 Å². The number of hydrogen-bond acceptors (Lipinski definition) is 2. The molecule has 3 nitrogen and oxygen atoms in total. The Balaban J connectivity index is 2.49. The third-order valence-electron chi connectivity index (χ3n) is 3.32. The lowest BCUT2D eigenvalue weighted by Gasteiger charge is -2.07. The van der Waals surface area contributed by atoms with E-state index in [1.165, 1.54) is 15.7 Å². The lowest BCUT2D eigenvalue weighted by molar-refractivity contribution is 0.556. The number of aromatic nitrogens is 2. The molecule has 114 valence electrons. The number of nitrogens with one attached hydrogen (secondary N) is 1. The Labute approximate surface area is 132 Å². The van der Waals surface area contributed by atoms with Gasteiger partial charge in [-0.15, -0.1) is 0 Å². The van der Waals surface area contributed by atoms with Crippen molar-refractivity contribution in [1.82, 2.24) is 15.1 Å². The van der Waals surface area contributed by atoms with Gasteiger partial charge in [0.05, 0.1) is 15.9 Å². The summed E-state index contributed by atoms with van der Waals surface area (Å²) in [4.78, 5) is 0. The van der Waals surface area contributed by atoms with Gasteiger partial charge < -0.3 is 5.32 Å². The molecule has 0 aliphatic heterocycles. The van der Waals surface area contributed by atoms with Crippen LogP contribution >= 0.6 is 15.9 Å². The molecule has 0 unspecified atom stereocenters. The van der Waals surface area contributed by atoms with Crippen molar-refractivity contribution >= 4 is 15.9 Å². The molecule has 0 aromatic carbocycles. The van der Waals surface area contributed by atoms with Crippen LogP contribution in [0.3, 0.4) is 0 Å². The van der Waals surface area contributed by atoms with Gasteiger partial charge in [0.15, 0.2) is 0 Å². The summed E-state index contributed by atoms with van der Waals surface area (Å²) in [5, 5.41) is 8.01. The molecule has 0 aliphatic rings. The van der Waals surface area contributed by atoms with Crippen LogP contribution in [0, 0.1) is 5.92 Å². The van der Waals surface area contributed by atoms with Crippen LogP contribution in [0.25, 0.3) is 0 Å². The molecule has 0 saturated heterocycles. The van der Waals surface area contributed by atoms with Crippen LogP contribution in [-0.2, 0) is 19.9 Å². The molecule has 0 amide bonds. The first-order valence-electron chi connectivity index (χ1n) is 7.52. The predicted molar refractivity (Wildman–Crippen MR) is 90.1 cm³/mol. The Kier molecular flexibility index (Phi) is 7.52. The number of hydrogen-bond donors (Lipinski definition) is 1. The lowest BCUT2D eigenvalue weighted by Crippen LogP contribution is -2.20. The van der Waals surface area contributed by atoms with Crippen molar-refractivity contribution in [2.24, 2.45) is 13.0 Å². The van der Waals surface area contributed by atoms with E-state index in [9.17, 15) is 0 Å². The molecule has 0 atom stereocenters. The Morgan fingerprint density at radius 3 is 2.70 bits per heavy atom. The Morgan fingerprint density at radius 2 is 2.15 bits per heavy atom. The van der Waals surface area contributed by atoms with Crippen molar-refractivity contribution in [3.05, 3.63) is 27.5 Å². The summed E-state index contributed by atoms with van der Waals surface area (Å²) in [5.74, 6) is 0.720. The van der Waals surface area contributed by atoms with Crippen LogP contribution in [-0.4, -0.2) is 22.9 Å². The average Bonchev–Trinajstić information content (AvgIpc) is 2.65. The highest BCUT2D eigenvalue weighted by Gasteiger charge is 2.12. The third-order valence-corrected chi connectivity index (χ3v) is 4.23. The topological polar surface area (TPSA) is 29.9 Å². The van der Waals surface area contributed by atoms with Gasteiger partial charge in [0.25, 0.3) is 0 Å². The van der Waals surface area contributed by atoms with E-state index in [0.29, 0.717) is 0 Å². The molecule has 1 aromatic rings. The smallest absolute Gasteiger partial charge is 0.0766 e. The van der Waals surface area contributed by atoms with Crippen LogP contribution in [0.2, 0.25) is 0 Å². The zero-order valence-electron chi connectivity index (χ0n) is 13.5. The summed E-state index contributed by atoms with van der Waals surface area (Å²) in [5.41, 5.74) is 3.82.